The zero-order valence-electron chi connectivity index (χ0n) is 16.7. The molecule has 0 bridgehead atoms. The Labute approximate surface area is 166 Å². The summed E-state index contributed by atoms with van der Waals surface area (Å²) in [5.74, 6) is 1.36. The molecule has 7 nitrogen and oxygen atoms in total. The Morgan fingerprint density at radius 1 is 1.11 bits per heavy atom. The van der Waals surface area contributed by atoms with Crippen LogP contribution in [0.2, 0.25) is 0 Å². The van der Waals surface area contributed by atoms with E-state index in [0.29, 0.717) is 18.2 Å². The molecule has 1 aliphatic heterocycles. The van der Waals surface area contributed by atoms with Crippen LogP contribution in [0.1, 0.15) is 36.7 Å². The summed E-state index contributed by atoms with van der Waals surface area (Å²) < 4.78 is 5.48. The van der Waals surface area contributed by atoms with Crippen LogP contribution in [0.3, 0.4) is 0 Å². The molecule has 0 atom stereocenters. The highest BCUT2D eigenvalue weighted by atomic mass is 16.5. The maximum atomic E-state index is 12.3. The number of unbranched alkanes of at least 4 members (excludes halogenated alkanes) is 2. The molecule has 28 heavy (non-hydrogen) atoms. The van der Waals surface area contributed by atoms with Gasteiger partial charge in [-0.05, 0) is 24.6 Å². The minimum atomic E-state index is -0.132. The van der Waals surface area contributed by atoms with Crippen molar-refractivity contribution >= 4 is 17.5 Å². The predicted molar refractivity (Wildman–Crippen MR) is 111 cm³/mol. The molecule has 2 aromatic rings. The Morgan fingerprint density at radius 2 is 1.86 bits per heavy atom. The normalized spacial score (nSPS) is 14.1. The molecule has 150 valence electrons. The van der Waals surface area contributed by atoms with Crippen LogP contribution in [-0.2, 0) is 0 Å². The Balaban J connectivity index is 1.59. The number of rotatable bonds is 8. The second kappa shape index (κ2) is 9.92. The van der Waals surface area contributed by atoms with Crippen LogP contribution in [-0.4, -0.2) is 55.7 Å². The van der Waals surface area contributed by atoms with E-state index in [1.165, 1.54) is 0 Å². The number of para-hydroxylation sites is 2. The molecular weight excluding hydrogens is 354 g/mol. The number of carbonyl (C=O) groups is 1. The van der Waals surface area contributed by atoms with Gasteiger partial charge in [-0.2, -0.15) is 0 Å². The molecule has 1 N–H and O–H groups in total. The number of carbonyl (C=O) groups excluding carboxylic acids is 1. The monoisotopic (exact) mass is 383 g/mol. The van der Waals surface area contributed by atoms with E-state index < -0.39 is 0 Å². The molecule has 1 aliphatic rings. The van der Waals surface area contributed by atoms with Crippen molar-refractivity contribution in [1.29, 1.82) is 0 Å². The van der Waals surface area contributed by atoms with Crippen molar-refractivity contribution in [1.82, 2.24) is 15.3 Å². The van der Waals surface area contributed by atoms with Crippen molar-refractivity contribution in [3.8, 4) is 5.75 Å². The topological polar surface area (TPSA) is 70.6 Å². The zero-order valence-corrected chi connectivity index (χ0v) is 16.7. The molecule has 0 unspecified atom stereocenters. The van der Waals surface area contributed by atoms with Gasteiger partial charge in [0.05, 0.1) is 12.8 Å². The summed E-state index contributed by atoms with van der Waals surface area (Å²) in [6.07, 6.45) is 4.90. The second-order valence-corrected chi connectivity index (χ2v) is 6.85. The van der Waals surface area contributed by atoms with Gasteiger partial charge in [-0.25, -0.2) is 9.97 Å². The first kappa shape index (κ1) is 19.9. The third-order valence-corrected chi connectivity index (χ3v) is 4.93. The number of hydrogen-bond acceptors (Lipinski definition) is 6. The lowest BCUT2D eigenvalue weighted by Gasteiger charge is -2.36. The number of nitrogens with zero attached hydrogens (tertiary/aromatic N) is 4. The van der Waals surface area contributed by atoms with E-state index >= 15 is 0 Å². The number of benzene rings is 1. The second-order valence-electron chi connectivity index (χ2n) is 6.85. The molecule has 7 heteroatoms. The van der Waals surface area contributed by atoms with E-state index in [1.54, 1.807) is 19.4 Å². The average molecular weight is 383 g/mol. The summed E-state index contributed by atoms with van der Waals surface area (Å²) in [7, 11) is 1.70. The third-order valence-electron chi connectivity index (χ3n) is 4.93. The summed E-state index contributed by atoms with van der Waals surface area (Å²) in [4.78, 5) is 25.6. The molecule has 1 fully saturated rings. The zero-order chi connectivity index (χ0) is 19.8. The Hall–Kier alpha value is -2.83. The fraction of sp³-hybridized carbons (Fsp3) is 0.476. The van der Waals surface area contributed by atoms with Gasteiger partial charge in [-0.3, -0.25) is 4.79 Å². The van der Waals surface area contributed by atoms with Crippen LogP contribution in [0, 0.1) is 0 Å². The molecule has 1 aromatic carbocycles. The molecule has 0 radical (unpaired) electrons. The van der Waals surface area contributed by atoms with Crippen LogP contribution in [0.15, 0.2) is 36.5 Å². The lowest BCUT2D eigenvalue weighted by atomic mass is 10.2. The number of anilines is 2. The van der Waals surface area contributed by atoms with Crippen LogP contribution >= 0.6 is 0 Å². The van der Waals surface area contributed by atoms with Gasteiger partial charge in [0, 0.05) is 38.9 Å². The maximum absolute atomic E-state index is 12.3. The van der Waals surface area contributed by atoms with Crippen LogP contribution in [0.25, 0.3) is 0 Å². The molecular formula is C21H29N5O2. The first-order valence-electron chi connectivity index (χ1n) is 9.97. The van der Waals surface area contributed by atoms with Crippen molar-refractivity contribution in [3.63, 3.8) is 0 Å². The number of aromatic nitrogens is 2. The van der Waals surface area contributed by atoms with E-state index in [4.69, 9.17) is 4.74 Å². The number of piperazine rings is 1. The Morgan fingerprint density at radius 3 is 2.61 bits per heavy atom. The lowest BCUT2D eigenvalue weighted by molar-refractivity contribution is 0.0948. The van der Waals surface area contributed by atoms with Crippen molar-refractivity contribution in [3.05, 3.63) is 42.2 Å². The highest BCUT2D eigenvalue weighted by Gasteiger charge is 2.22. The van der Waals surface area contributed by atoms with E-state index in [1.807, 2.05) is 18.2 Å². The SMILES string of the molecule is CCCCCNC(=O)c1ccnc(N2CCN(c3ccccc3OC)CC2)n1. The van der Waals surface area contributed by atoms with Crippen molar-refractivity contribution in [2.75, 3.05) is 49.6 Å². The summed E-state index contributed by atoms with van der Waals surface area (Å²) >= 11 is 0. The summed E-state index contributed by atoms with van der Waals surface area (Å²) in [6, 6.07) is 9.73. The molecule has 1 amide bonds. The van der Waals surface area contributed by atoms with Gasteiger partial charge in [0.15, 0.2) is 0 Å². The van der Waals surface area contributed by atoms with Gasteiger partial charge < -0.3 is 19.9 Å². The standard InChI is InChI=1S/C21H29N5O2/c1-3-4-7-11-22-20(27)17-10-12-23-21(24-17)26-15-13-25(14-16-26)18-8-5-6-9-19(18)28-2/h5-6,8-10,12H,3-4,7,11,13-16H2,1-2H3,(H,22,27). The number of ether oxygens (including phenoxy) is 1. The quantitative estimate of drug-likeness (QED) is 0.707. The first-order valence-corrected chi connectivity index (χ1v) is 9.97. The van der Waals surface area contributed by atoms with Crippen molar-refractivity contribution in [2.45, 2.75) is 26.2 Å². The Kier molecular flexibility index (Phi) is 7.06. The lowest BCUT2D eigenvalue weighted by Crippen LogP contribution is -2.47. The van der Waals surface area contributed by atoms with Gasteiger partial charge in [0.25, 0.3) is 5.91 Å². The summed E-state index contributed by atoms with van der Waals surface area (Å²) in [6.45, 7) is 6.10. The first-order chi connectivity index (χ1) is 13.7. The van der Waals surface area contributed by atoms with Crippen LogP contribution in [0.4, 0.5) is 11.6 Å². The summed E-state index contributed by atoms with van der Waals surface area (Å²) in [5.41, 5.74) is 1.53. The molecule has 0 spiro atoms. The number of hydrogen-bond donors (Lipinski definition) is 1. The van der Waals surface area contributed by atoms with Crippen molar-refractivity contribution in [2.24, 2.45) is 0 Å². The predicted octanol–water partition coefficient (Wildman–Crippen LogP) is 2.73. The van der Waals surface area contributed by atoms with E-state index in [2.05, 4.69) is 38.1 Å². The van der Waals surface area contributed by atoms with E-state index in [9.17, 15) is 4.79 Å². The van der Waals surface area contributed by atoms with Gasteiger partial charge >= 0.3 is 0 Å². The van der Waals surface area contributed by atoms with Crippen molar-refractivity contribution < 1.29 is 9.53 Å². The molecule has 1 saturated heterocycles. The van der Waals surface area contributed by atoms with Gasteiger partial charge in [-0.15, -0.1) is 0 Å². The third kappa shape index (κ3) is 4.91. The highest BCUT2D eigenvalue weighted by Crippen LogP contribution is 2.28. The van der Waals surface area contributed by atoms with E-state index in [0.717, 1.165) is 56.9 Å². The Bertz CT molecular complexity index is 775. The van der Waals surface area contributed by atoms with E-state index in [-0.39, 0.29) is 5.91 Å². The molecule has 0 aliphatic carbocycles. The fourth-order valence-electron chi connectivity index (χ4n) is 3.33. The number of nitrogens with one attached hydrogen (secondary N) is 1. The fourth-order valence-corrected chi connectivity index (χ4v) is 3.33. The molecule has 1 aromatic heterocycles. The van der Waals surface area contributed by atoms with Crippen LogP contribution < -0.4 is 19.9 Å². The molecule has 3 rings (SSSR count). The van der Waals surface area contributed by atoms with Crippen LogP contribution in [0.5, 0.6) is 5.75 Å². The maximum Gasteiger partial charge on any atom is 0.270 e. The number of amides is 1. The minimum absolute atomic E-state index is 0.132. The largest absolute Gasteiger partial charge is 0.495 e. The molecule has 0 saturated carbocycles. The number of methoxy groups -OCH3 is 1. The average Bonchev–Trinajstić information content (AvgIpc) is 2.77. The van der Waals surface area contributed by atoms with Gasteiger partial charge in [0.2, 0.25) is 5.95 Å². The molecule has 2 heterocycles. The van der Waals surface area contributed by atoms with Gasteiger partial charge in [0.1, 0.15) is 11.4 Å². The summed E-state index contributed by atoms with van der Waals surface area (Å²) in [5, 5.41) is 2.94. The smallest absolute Gasteiger partial charge is 0.270 e. The highest BCUT2D eigenvalue weighted by molar-refractivity contribution is 5.92. The minimum Gasteiger partial charge on any atom is -0.495 e. The van der Waals surface area contributed by atoms with Gasteiger partial charge in [-0.1, -0.05) is 31.9 Å².